The van der Waals surface area contributed by atoms with Crippen LogP contribution in [-0.4, -0.2) is 0 Å². The molecule has 0 atom stereocenters. The van der Waals surface area contributed by atoms with E-state index in [9.17, 15) is 0 Å². The zero-order chi connectivity index (χ0) is 34.3. The Bertz CT molecular complexity index is 2760. The first-order valence-corrected chi connectivity index (χ1v) is 17.7. The van der Waals surface area contributed by atoms with E-state index in [1.165, 1.54) is 93.2 Å². The third-order valence-corrected chi connectivity index (χ3v) is 10.3. The number of hydrogen-bond donors (Lipinski definition) is 0. The fraction of sp³-hybridized carbons (Fsp3) is 0.0196. The molecule has 51 heavy (non-hydrogen) atoms. The predicted octanol–water partition coefficient (Wildman–Crippen LogP) is 14.6. The summed E-state index contributed by atoms with van der Waals surface area (Å²) in [6.45, 7) is 6.12. The van der Waals surface area contributed by atoms with Crippen LogP contribution in [0, 0.1) is 0 Å². The largest absolute Gasteiger partial charge is 0.0984 e. The third-order valence-electron chi connectivity index (χ3n) is 10.3. The lowest BCUT2D eigenvalue weighted by Crippen LogP contribution is -1.92. The normalized spacial score (nSPS) is 11.6. The molecule has 0 N–H and O–H groups in total. The molecule has 0 saturated carbocycles. The van der Waals surface area contributed by atoms with Crippen molar-refractivity contribution in [1.82, 2.24) is 0 Å². The van der Waals surface area contributed by atoms with E-state index in [0.29, 0.717) is 0 Å². The quantitative estimate of drug-likeness (QED) is 0.157. The zero-order valence-corrected chi connectivity index (χ0v) is 28.6. The van der Waals surface area contributed by atoms with Crippen molar-refractivity contribution in [1.29, 1.82) is 0 Å². The lowest BCUT2D eigenvalue weighted by Gasteiger charge is -2.18. The molecule has 0 heteroatoms. The number of hydrogen-bond acceptors (Lipinski definition) is 0. The van der Waals surface area contributed by atoms with Gasteiger partial charge in [-0.25, -0.2) is 0 Å². The molecule has 0 spiro atoms. The second kappa shape index (κ2) is 12.8. The highest BCUT2D eigenvalue weighted by molar-refractivity contribution is 6.21. The summed E-state index contributed by atoms with van der Waals surface area (Å²) in [5, 5.41) is 10.0. The number of rotatable bonds is 6. The maximum atomic E-state index is 4.05. The Morgan fingerprint density at radius 2 is 0.843 bits per heavy atom. The van der Waals surface area contributed by atoms with Crippen molar-refractivity contribution in [2.75, 3.05) is 0 Å². The van der Waals surface area contributed by atoms with Crippen LogP contribution in [0.5, 0.6) is 0 Å². The van der Waals surface area contributed by atoms with Gasteiger partial charge in [-0.3, -0.25) is 0 Å². The van der Waals surface area contributed by atoms with E-state index < -0.39 is 0 Å². The molecule has 0 bridgehead atoms. The molecular weight excluding hydrogens is 613 g/mol. The maximum Gasteiger partial charge on any atom is -0.00262 e. The van der Waals surface area contributed by atoms with E-state index in [2.05, 4.69) is 196 Å². The molecule has 0 aliphatic rings. The van der Waals surface area contributed by atoms with Crippen LogP contribution in [0.3, 0.4) is 0 Å². The summed E-state index contributed by atoms with van der Waals surface area (Å²) in [6, 6.07) is 62.4. The Kier molecular flexibility index (Phi) is 7.64. The fourth-order valence-electron chi connectivity index (χ4n) is 7.88. The highest BCUT2D eigenvalue weighted by Crippen LogP contribution is 2.44. The van der Waals surface area contributed by atoms with Gasteiger partial charge in [0, 0.05) is 0 Å². The molecule has 0 aliphatic carbocycles. The van der Waals surface area contributed by atoms with Gasteiger partial charge in [0.25, 0.3) is 0 Å². The van der Waals surface area contributed by atoms with Gasteiger partial charge in [0.15, 0.2) is 0 Å². The summed E-state index contributed by atoms with van der Waals surface area (Å²) in [5.41, 5.74) is 12.2. The van der Waals surface area contributed by atoms with E-state index in [1.807, 2.05) is 6.08 Å². The first-order valence-electron chi connectivity index (χ1n) is 17.7. The summed E-state index contributed by atoms with van der Waals surface area (Å²) in [6.07, 6.45) is 6.21. The van der Waals surface area contributed by atoms with Crippen molar-refractivity contribution in [2.24, 2.45) is 0 Å². The summed E-state index contributed by atoms with van der Waals surface area (Å²) >= 11 is 0. The molecule has 9 rings (SSSR count). The highest BCUT2D eigenvalue weighted by atomic mass is 14.2. The smallest absolute Gasteiger partial charge is 0.00262 e. The predicted molar refractivity (Wildman–Crippen MR) is 223 cm³/mol. The van der Waals surface area contributed by atoms with Crippen molar-refractivity contribution < 1.29 is 0 Å². The first kappa shape index (κ1) is 30.6. The van der Waals surface area contributed by atoms with Crippen LogP contribution in [0.25, 0.3) is 99.7 Å². The minimum Gasteiger partial charge on any atom is -0.0984 e. The Morgan fingerprint density at radius 1 is 0.392 bits per heavy atom. The van der Waals surface area contributed by atoms with Crippen LogP contribution >= 0.6 is 0 Å². The Labute approximate surface area is 299 Å². The van der Waals surface area contributed by atoms with Gasteiger partial charge in [-0.2, -0.15) is 0 Å². The summed E-state index contributed by atoms with van der Waals surface area (Å²) in [4.78, 5) is 0. The van der Waals surface area contributed by atoms with Crippen molar-refractivity contribution in [3.63, 3.8) is 0 Å². The van der Waals surface area contributed by atoms with Crippen LogP contribution in [-0.2, 0) is 0 Å². The van der Waals surface area contributed by atoms with E-state index in [1.54, 1.807) is 0 Å². The third kappa shape index (κ3) is 5.34. The van der Waals surface area contributed by atoms with Crippen LogP contribution in [0.2, 0.25) is 0 Å². The van der Waals surface area contributed by atoms with Crippen molar-refractivity contribution in [2.45, 2.75) is 6.92 Å². The second-order valence-electron chi connectivity index (χ2n) is 13.3. The molecule has 240 valence electrons. The van der Waals surface area contributed by atoms with Gasteiger partial charge in [-0.1, -0.05) is 176 Å². The van der Waals surface area contributed by atoms with E-state index in [0.717, 1.165) is 5.56 Å². The standard InChI is InChI=1S/C51H36/c1-3-12-44-34(4-2)15-11-20-45(44)36-22-24-37(25-23-36)50-46-16-7-9-18-48(46)51(49-19-10-8-17-47(49)50)43-30-29-41-32-40(27-28-42(41)33-43)39-26-21-35-13-5-6-14-38(35)31-39/h3-33H,2H2,1H3/b12-3-. The van der Waals surface area contributed by atoms with E-state index >= 15 is 0 Å². The molecule has 0 radical (unpaired) electrons. The molecule has 9 aromatic carbocycles. The van der Waals surface area contributed by atoms with Gasteiger partial charge >= 0.3 is 0 Å². The van der Waals surface area contributed by atoms with E-state index in [-0.39, 0.29) is 0 Å². The Hall–Kier alpha value is -6.50. The average Bonchev–Trinajstić information content (AvgIpc) is 3.19. The molecule has 0 unspecified atom stereocenters. The summed E-state index contributed by atoms with van der Waals surface area (Å²) in [7, 11) is 0. The maximum absolute atomic E-state index is 4.05. The molecule has 0 aromatic heterocycles. The van der Waals surface area contributed by atoms with Gasteiger partial charge in [0.2, 0.25) is 0 Å². The number of fused-ring (bicyclic) bond motifs is 4. The van der Waals surface area contributed by atoms with Crippen LogP contribution in [0.4, 0.5) is 0 Å². The summed E-state index contributed by atoms with van der Waals surface area (Å²) in [5.74, 6) is 0. The van der Waals surface area contributed by atoms with Gasteiger partial charge < -0.3 is 0 Å². The molecule has 9 aromatic rings. The monoisotopic (exact) mass is 648 g/mol. The average molecular weight is 649 g/mol. The van der Waals surface area contributed by atoms with Crippen molar-refractivity contribution in [3.8, 4) is 44.5 Å². The minimum atomic E-state index is 1.14. The molecular formula is C51H36. The number of allylic oxidation sites excluding steroid dienone is 1. The topological polar surface area (TPSA) is 0 Å². The van der Waals surface area contributed by atoms with E-state index in [4.69, 9.17) is 0 Å². The van der Waals surface area contributed by atoms with Crippen LogP contribution in [0.1, 0.15) is 18.1 Å². The minimum absolute atomic E-state index is 1.14. The van der Waals surface area contributed by atoms with Gasteiger partial charge in [0.1, 0.15) is 0 Å². The molecule has 0 fully saturated rings. The SMILES string of the molecule is C=Cc1cccc(-c2ccc(-c3c4ccccc4c(-c4ccc5cc(-c6ccc7ccccc7c6)ccc5c4)c4ccccc34)cc2)c1/C=C\C. The molecule has 0 heterocycles. The molecule has 0 amide bonds. The lowest BCUT2D eigenvalue weighted by molar-refractivity contribution is 1.56. The van der Waals surface area contributed by atoms with Crippen LogP contribution in [0.15, 0.2) is 183 Å². The number of benzene rings is 9. The van der Waals surface area contributed by atoms with Gasteiger partial charge in [0.05, 0.1) is 0 Å². The second-order valence-corrected chi connectivity index (χ2v) is 13.3. The van der Waals surface area contributed by atoms with Crippen molar-refractivity contribution >= 4 is 55.2 Å². The Morgan fingerprint density at radius 3 is 1.43 bits per heavy atom. The zero-order valence-electron chi connectivity index (χ0n) is 28.6. The Balaban J connectivity index is 1.17. The first-order chi connectivity index (χ1) is 25.2. The molecule has 0 aliphatic heterocycles. The van der Waals surface area contributed by atoms with Gasteiger partial charge in [-0.15, -0.1) is 0 Å². The molecule has 0 nitrogen and oxygen atoms in total. The van der Waals surface area contributed by atoms with Crippen LogP contribution < -0.4 is 0 Å². The highest BCUT2D eigenvalue weighted by Gasteiger charge is 2.17. The van der Waals surface area contributed by atoms with Gasteiger partial charge in [-0.05, 0) is 124 Å². The lowest BCUT2D eigenvalue weighted by atomic mass is 9.85. The fourth-order valence-corrected chi connectivity index (χ4v) is 7.88. The summed E-state index contributed by atoms with van der Waals surface area (Å²) < 4.78 is 0. The van der Waals surface area contributed by atoms with Crippen molar-refractivity contribution in [3.05, 3.63) is 194 Å². The molecule has 0 saturated heterocycles.